The Morgan fingerprint density at radius 3 is 2.76 bits per heavy atom. The number of hydrogen-bond acceptors (Lipinski definition) is 5. The second-order valence-electron chi connectivity index (χ2n) is 9.11. The Labute approximate surface area is 192 Å². The summed E-state index contributed by atoms with van der Waals surface area (Å²) in [7, 11) is 1.63. The van der Waals surface area contributed by atoms with Crippen LogP contribution in [0.1, 0.15) is 43.1 Å². The molecule has 9 nitrogen and oxygen atoms in total. The molecule has 3 aliphatic rings. The molecule has 33 heavy (non-hydrogen) atoms. The molecule has 9 heteroatoms. The smallest absolute Gasteiger partial charge is 0.300 e. The van der Waals surface area contributed by atoms with Crippen molar-refractivity contribution in [2.24, 2.45) is 11.8 Å². The van der Waals surface area contributed by atoms with Gasteiger partial charge in [0.25, 0.3) is 11.9 Å². The van der Waals surface area contributed by atoms with Gasteiger partial charge in [0, 0.05) is 43.4 Å². The molecule has 3 fully saturated rings. The topological polar surface area (TPSA) is 124 Å². The molecule has 1 aromatic carbocycles. The number of carboxylic acids is 1. The molecule has 0 saturated carbocycles. The Hall–Kier alpha value is -3.07. The number of benzene rings is 1. The number of aromatic amines is 1. The number of aliphatic carboxylic acids is 1. The van der Waals surface area contributed by atoms with Crippen LogP contribution in [0.15, 0.2) is 24.3 Å². The number of amides is 2. The molecule has 4 N–H and O–H groups in total. The van der Waals surface area contributed by atoms with Crippen molar-refractivity contribution in [1.82, 2.24) is 20.5 Å². The van der Waals surface area contributed by atoms with Crippen LogP contribution in [0.4, 0.5) is 0 Å². The molecule has 3 aliphatic heterocycles. The summed E-state index contributed by atoms with van der Waals surface area (Å²) in [6.07, 6.45) is 3.85. The molecule has 2 aromatic rings. The Balaban J connectivity index is 0.000000601. The number of piperidine rings is 3. The van der Waals surface area contributed by atoms with Crippen molar-refractivity contribution in [3.05, 3.63) is 30.0 Å². The maximum absolute atomic E-state index is 12.8. The van der Waals surface area contributed by atoms with Gasteiger partial charge in [0.05, 0.1) is 13.2 Å². The van der Waals surface area contributed by atoms with E-state index in [1.165, 1.54) is 0 Å². The monoisotopic (exact) mass is 456 g/mol. The van der Waals surface area contributed by atoms with Crippen LogP contribution in [-0.4, -0.2) is 71.6 Å². The van der Waals surface area contributed by atoms with E-state index in [0.717, 1.165) is 55.9 Å². The number of carboxylic acid groups (broad SMARTS) is 1. The van der Waals surface area contributed by atoms with Crippen LogP contribution in [0.3, 0.4) is 0 Å². The van der Waals surface area contributed by atoms with Crippen molar-refractivity contribution in [1.29, 1.82) is 0 Å². The van der Waals surface area contributed by atoms with Gasteiger partial charge in [-0.15, -0.1) is 0 Å². The first-order chi connectivity index (χ1) is 15.9. The maximum atomic E-state index is 12.8. The van der Waals surface area contributed by atoms with E-state index in [1.807, 2.05) is 24.3 Å². The minimum Gasteiger partial charge on any atom is -0.497 e. The zero-order chi connectivity index (χ0) is 23.5. The predicted molar refractivity (Wildman–Crippen MR) is 123 cm³/mol. The minimum atomic E-state index is -0.833. The second-order valence-corrected chi connectivity index (χ2v) is 9.11. The second kappa shape index (κ2) is 9.82. The van der Waals surface area contributed by atoms with Crippen LogP contribution >= 0.6 is 0 Å². The molecule has 0 unspecified atom stereocenters. The SMILES string of the molecule is CC(=O)O.COc1ccc2[nH]c(C(=O)NC[C@H]3[C@@H]4CNC[C@@H](C4)[C@@H]4CCCC(=O)N43)cc2c1. The highest BCUT2D eigenvalue weighted by molar-refractivity contribution is 5.98. The highest BCUT2D eigenvalue weighted by atomic mass is 16.5. The highest BCUT2D eigenvalue weighted by Gasteiger charge is 2.47. The Morgan fingerprint density at radius 1 is 1.24 bits per heavy atom. The summed E-state index contributed by atoms with van der Waals surface area (Å²) in [5.74, 6) is 1.01. The number of nitrogens with zero attached hydrogens (tertiary/aromatic N) is 1. The molecular weight excluding hydrogens is 424 g/mol. The van der Waals surface area contributed by atoms with E-state index in [1.54, 1.807) is 7.11 Å². The van der Waals surface area contributed by atoms with Crippen LogP contribution in [0.25, 0.3) is 10.9 Å². The number of hydrogen-bond donors (Lipinski definition) is 4. The third-order valence-corrected chi connectivity index (χ3v) is 6.94. The molecule has 0 aliphatic carbocycles. The number of carbonyl (C=O) groups excluding carboxylic acids is 2. The number of ether oxygens (including phenoxy) is 1. The van der Waals surface area contributed by atoms with Crippen LogP contribution in [0, 0.1) is 11.8 Å². The molecule has 178 valence electrons. The normalized spacial score (nSPS) is 26.1. The summed E-state index contributed by atoms with van der Waals surface area (Å²) in [6.45, 7) is 3.50. The molecule has 2 bridgehead atoms. The number of H-pyrrole nitrogens is 1. The molecule has 4 atom stereocenters. The number of methoxy groups -OCH3 is 1. The van der Waals surface area contributed by atoms with Gasteiger partial charge in [0.1, 0.15) is 11.4 Å². The van der Waals surface area contributed by atoms with Gasteiger partial charge < -0.3 is 30.4 Å². The number of nitrogens with one attached hydrogen (secondary N) is 3. The van der Waals surface area contributed by atoms with Crippen molar-refractivity contribution < 1.29 is 24.2 Å². The van der Waals surface area contributed by atoms with Crippen LogP contribution < -0.4 is 15.4 Å². The fourth-order valence-corrected chi connectivity index (χ4v) is 5.55. The lowest BCUT2D eigenvalue weighted by Crippen LogP contribution is -2.66. The number of carbonyl (C=O) groups is 3. The van der Waals surface area contributed by atoms with E-state index in [-0.39, 0.29) is 17.9 Å². The van der Waals surface area contributed by atoms with Gasteiger partial charge in [-0.1, -0.05) is 0 Å². The van der Waals surface area contributed by atoms with Crippen molar-refractivity contribution in [2.75, 3.05) is 26.7 Å². The first-order valence-electron chi connectivity index (χ1n) is 11.5. The first-order valence-corrected chi connectivity index (χ1v) is 11.5. The quantitative estimate of drug-likeness (QED) is 0.558. The molecular formula is C24H32N4O5. The maximum Gasteiger partial charge on any atom is 0.300 e. The van der Waals surface area contributed by atoms with Gasteiger partial charge in [0.2, 0.25) is 5.91 Å². The van der Waals surface area contributed by atoms with Crippen LogP contribution in [0.5, 0.6) is 5.75 Å². The van der Waals surface area contributed by atoms with Gasteiger partial charge >= 0.3 is 0 Å². The standard InChI is InChI=1S/C22H28N4O3.C2H4O2/c1-29-16-5-6-17-13(8-16)9-18(25-17)22(28)24-12-20-15-7-14(10-23-11-15)19-3-2-4-21(27)26(19)20;1-2(3)4/h5-6,8-9,14-15,19-20,23,25H,2-4,7,10-12H2,1H3,(H,24,28);1H3,(H,3,4)/t14-,15+,19+,20+;/m1./s1. The van der Waals surface area contributed by atoms with Gasteiger partial charge in [-0.05, 0) is 61.9 Å². The van der Waals surface area contributed by atoms with Crippen molar-refractivity contribution in [3.8, 4) is 5.75 Å². The molecule has 0 spiro atoms. The summed E-state index contributed by atoms with van der Waals surface area (Å²) in [6, 6.07) is 7.94. The van der Waals surface area contributed by atoms with E-state index in [0.29, 0.717) is 36.5 Å². The van der Waals surface area contributed by atoms with Crippen LogP contribution in [0.2, 0.25) is 0 Å². The number of aromatic nitrogens is 1. The number of fused-ring (bicyclic) bond motifs is 5. The van der Waals surface area contributed by atoms with E-state index >= 15 is 0 Å². The Kier molecular flexibility index (Phi) is 6.88. The fraction of sp³-hybridized carbons (Fsp3) is 0.542. The summed E-state index contributed by atoms with van der Waals surface area (Å²) < 4.78 is 5.26. The lowest BCUT2D eigenvalue weighted by atomic mass is 9.72. The molecule has 4 heterocycles. The average molecular weight is 457 g/mol. The summed E-state index contributed by atoms with van der Waals surface area (Å²) in [5.41, 5.74) is 1.43. The van der Waals surface area contributed by atoms with Gasteiger partial charge in [-0.25, -0.2) is 0 Å². The van der Waals surface area contributed by atoms with Crippen molar-refractivity contribution >= 4 is 28.7 Å². The molecule has 2 amide bonds. The molecule has 0 radical (unpaired) electrons. The fourth-order valence-electron chi connectivity index (χ4n) is 5.55. The van der Waals surface area contributed by atoms with Gasteiger partial charge in [-0.3, -0.25) is 14.4 Å². The van der Waals surface area contributed by atoms with Crippen molar-refractivity contribution in [3.63, 3.8) is 0 Å². The third-order valence-electron chi connectivity index (χ3n) is 6.94. The summed E-state index contributed by atoms with van der Waals surface area (Å²) >= 11 is 0. The third kappa shape index (κ3) is 4.98. The highest BCUT2D eigenvalue weighted by Crippen LogP contribution is 2.39. The Morgan fingerprint density at radius 2 is 2.00 bits per heavy atom. The van der Waals surface area contributed by atoms with E-state index in [2.05, 4.69) is 20.5 Å². The zero-order valence-corrected chi connectivity index (χ0v) is 19.1. The zero-order valence-electron chi connectivity index (χ0n) is 19.1. The largest absolute Gasteiger partial charge is 0.497 e. The average Bonchev–Trinajstić information content (AvgIpc) is 3.22. The van der Waals surface area contributed by atoms with Crippen molar-refractivity contribution in [2.45, 2.75) is 44.7 Å². The molecule has 5 rings (SSSR count). The van der Waals surface area contributed by atoms with E-state index in [9.17, 15) is 9.59 Å². The summed E-state index contributed by atoms with van der Waals surface area (Å²) in [4.78, 5) is 39.9. The first kappa shape index (κ1) is 23.1. The van der Waals surface area contributed by atoms with Gasteiger partial charge in [0.15, 0.2) is 0 Å². The summed E-state index contributed by atoms with van der Waals surface area (Å²) in [5, 5.41) is 15.0. The number of rotatable bonds is 4. The minimum absolute atomic E-state index is 0.0743. The lowest BCUT2D eigenvalue weighted by Gasteiger charge is -2.54. The van der Waals surface area contributed by atoms with E-state index in [4.69, 9.17) is 14.6 Å². The molecule has 3 saturated heterocycles. The van der Waals surface area contributed by atoms with E-state index < -0.39 is 5.97 Å². The molecule has 1 aromatic heterocycles. The van der Waals surface area contributed by atoms with Gasteiger partial charge in [-0.2, -0.15) is 0 Å². The van der Waals surface area contributed by atoms with Crippen LogP contribution in [-0.2, 0) is 9.59 Å². The Bertz CT molecular complexity index is 1030. The lowest BCUT2D eigenvalue weighted by molar-refractivity contribution is -0.149. The predicted octanol–water partition coefficient (Wildman–Crippen LogP) is 1.99.